The Morgan fingerprint density at radius 2 is 1.92 bits per heavy atom. The van der Waals surface area contributed by atoms with Crippen LogP contribution in [-0.2, 0) is 9.59 Å². The highest BCUT2D eigenvalue weighted by Crippen LogP contribution is 2.45. The van der Waals surface area contributed by atoms with Crippen LogP contribution in [0.5, 0.6) is 5.75 Å². The number of aromatic nitrogens is 1. The van der Waals surface area contributed by atoms with Crippen molar-refractivity contribution in [3.8, 4) is 5.75 Å². The molecule has 9 nitrogen and oxygen atoms in total. The van der Waals surface area contributed by atoms with Crippen LogP contribution in [0.3, 0.4) is 0 Å². The molecule has 4 aromatic rings. The van der Waals surface area contributed by atoms with E-state index in [0.717, 1.165) is 4.70 Å². The van der Waals surface area contributed by atoms with Gasteiger partial charge in [0.05, 0.1) is 33.4 Å². The highest BCUT2D eigenvalue weighted by molar-refractivity contribution is 7.22. The molecule has 1 aromatic heterocycles. The summed E-state index contributed by atoms with van der Waals surface area (Å²) in [6.07, 6.45) is 0. The quantitative estimate of drug-likeness (QED) is 0.107. The minimum atomic E-state index is -1.15. The van der Waals surface area contributed by atoms with Crippen LogP contribution in [0.25, 0.3) is 16.0 Å². The van der Waals surface area contributed by atoms with Crippen LogP contribution >= 0.6 is 22.9 Å². The first-order chi connectivity index (χ1) is 17.8. The Bertz CT molecular complexity index is 1600. The Hall–Kier alpha value is -4.28. The number of aliphatic hydroxyl groups is 1. The van der Waals surface area contributed by atoms with E-state index in [-0.39, 0.29) is 27.5 Å². The Morgan fingerprint density at radius 1 is 1.16 bits per heavy atom. The standard InChI is InChI=1S/C26H18ClN3O6S/c1-2-36-18-10-11-19-20(13-18)37-26(28-19)29-22(15-4-3-5-17(12-15)30(34)35)21(24(32)25(29)33)23(31)14-6-8-16(27)9-7-14/h3-13,22,31H,2H2,1H3. The lowest BCUT2D eigenvalue weighted by molar-refractivity contribution is -0.384. The number of hydrogen-bond donors (Lipinski definition) is 1. The number of ketones is 1. The van der Waals surface area contributed by atoms with Crippen LogP contribution in [0.1, 0.15) is 24.1 Å². The molecular weight excluding hydrogens is 518 g/mol. The van der Waals surface area contributed by atoms with Gasteiger partial charge in [0, 0.05) is 22.7 Å². The number of aliphatic hydroxyl groups excluding tert-OH is 1. The zero-order valence-corrected chi connectivity index (χ0v) is 20.8. The van der Waals surface area contributed by atoms with Crippen LogP contribution in [-0.4, -0.2) is 33.3 Å². The molecule has 1 amide bonds. The first kappa shape index (κ1) is 24.4. The topological polar surface area (TPSA) is 123 Å². The third kappa shape index (κ3) is 4.41. The average Bonchev–Trinajstić information content (AvgIpc) is 3.42. The fraction of sp³-hybridized carbons (Fsp3) is 0.115. The number of nitrogens with zero attached hydrogens (tertiary/aromatic N) is 3. The van der Waals surface area contributed by atoms with Crippen molar-refractivity contribution >= 4 is 61.4 Å². The molecule has 1 atom stereocenters. The smallest absolute Gasteiger partial charge is 0.301 e. The molecule has 0 saturated carbocycles. The summed E-state index contributed by atoms with van der Waals surface area (Å²) in [5.41, 5.74) is 0.699. The minimum Gasteiger partial charge on any atom is -0.507 e. The molecule has 186 valence electrons. The van der Waals surface area contributed by atoms with E-state index in [1.807, 2.05) is 6.92 Å². The van der Waals surface area contributed by atoms with Gasteiger partial charge in [0.1, 0.15) is 11.5 Å². The summed E-state index contributed by atoms with van der Waals surface area (Å²) in [6.45, 7) is 2.34. The predicted octanol–water partition coefficient (Wildman–Crippen LogP) is 5.88. The number of amides is 1. The molecule has 1 aliphatic rings. The molecule has 0 spiro atoms. The van der Waals surface area contributed by atoms with Crippen molar-refractivity contribution in [1.82, 2.24) is 4.98 Å². The van der Waals surface area contributed by atoms with Crippen LogP contribution in [0.15, 0.2) is 72.3 Å². The lowest BCUT2D eigenvalue weighted by Gasteiger charge is -2.22. The van der Waals surface area contributed by atoms with Crippen LogP contribution < -0.4 is 9.64 Å². The Morgan fingerprint density at radius 3 is 2.62 bits per heavy atom. The van der Waals surface area contributed by atoms with E-state index in [1.54, 1.807) is 36.4 Å². The SMILES string of the molecule is CCOc1ccc2nc(N3C(=O)C(=O)C(=C(O)c4ccc(Cl)cc4)C3c3cccc([N+](=O)[O-])c3)sc2c1. The Kier molecular flexibility index (Phi) is 6.36. The maximum Gasteiger partial charge on any atom is 0.301 e. The number of nitro benzene ring substituents is 1. The number of ether oxygens (including phenoxy) is 1. The van der Waals surface area contributed by atoms with Crippen molar-refractivity contribution in [2.75, 3.05) is 11.5 Å². The second kappa shape index (κ2) is 9.64. The first-order valence-electron chi connectivity index (χ1n) is 11.1. The van der Waals surface area contributed by atoms with Crippen molar-refractivity contribution in [1.29, 1.82) is 0 Å². The average molecular weight is 536 g/mol. The van der Waals surface area contributed by atoms with Gasteiger partial charge in [-0.2, -0.15) is 0 Å². The Balaban J connectivity index is 1.71. The van der Waals surface area contributed by atoms with E-state index in [2.05, 4.69) is 4.98 Å². The van der Waals surface area contributed by atoms with Crippen LogP contribution in [0.4, 0.5) is 10.8 Å². The van der Waals surface area contributed by atoms with E-state index in [0.29, 0.717) is 22.9 Å². The van der Waals surface area contributed by atoms with Crippen molar-refractivity contribution in [3.05, 3.63) is 98.6 Å². The maximum absolute atomic E-state index is 13.4. The second-order valence-corrected chi connectivity index (χ2v) is 9.53. The number of rotatable bonds is 6. The summed E-state index contributed by atoms with van der Waals surface area (Å²) in [5, 5.41) is 23.3. The van der Waals surface area contributed by atoms with Crippen LogP contribution in [0.2, 0.25) is 5.02 Å². The van der Waals surface area contributed by atoms with Crippen molar-refractivity contribution in [2.24, 2.45) is 0 Å². The normalized spacial score (nSPS) is 16.9. The molecule has 0 bridgehead atoms. The molecule has 1 N–H and O–H groups in total. The summed E-state index contributed by atoms with van der Waals surface area (Å²) in [7, 11) is 0. The maximum atomic E-state index is 13.4. The molecule has 5 rings (SSSR count). The van der Waals surface area contributed by atoms with E-state index in [4.69, 9.17) is 16.3 Å². The minimum absolute atomic E-state index is 0.206. The fourth-order valence-electron chi connectivity index (χ4n) is 4.17. The van der Waals surface area contributed by atoms with Gasteiger partial charge in [-0.3, -0.25) is 24.6 Å². The zero-order valence-electron chi connectivity index (χ0n) is 19.3. The summed E-state index contributed by atoms with van der Waals surface area (Å²) in [5.74, 6) is -1.63. The number of benzene rings is 3. The Labute approximate surface area is 219 Å². The van der Waals surface area contributed by atoms with E-state index < -0.39 is 28.4 Å². The highest BCUT2D eigenvalue weighted by atomic mass is 35.5. The first-order valence-corrected chi connectivity index (χ1v) is 12.3. The predicted molar refractivity (Wildman–Crippen MR) is 140 cm³/mol. The molecule has 1 aliphatic heterocycles. The van der Waals surface area contributed by atoms with Gasteiger partial charge in [-0.05, 0) is 55.0 Å². The fourth-order valence-corrected chi connectivity index (χ4v) is 5.32. The molecule has 1 saturated heterocycles. The molecule has 1 fully saturated rings. The number of carbonyl (C=O) groups excluding carboxylic acids is 2. The number of halogens is 1. The number of anilines is 1. The van der Waals surface area contributed by atoms with E-state index in [9.17, 15) is 24.8 Å². The molecule has 11 heteroatoms. The monoisotopic (exact) mass is 535 g/mol. The summed E-state index contributed by atoms with van der Waals surface area (Å²) in [6, 6.07) is 15.8. The van der Waals surface area contributed by atoms with Gasteiger partial charge in [-0.25, -0.2) is 4.98 Å². The number of carbonyl (C=O) groups is 2. The lowest BCUT2D eigenvalue weighted by Crippen LogP contribution is -2.29. The number of Topliss-reactive ketones (excluding diaryl/α,β-unsaturated/α-hetero) is 1. The van der Waals surface area contributed by atoms with Gasteiger partial charge in [0.15, 0.2) is 5.13 Å². The molecule has 1 unspecified atom stereocenters. The zero-order chi connectivity index (χ0) is 26.3. The molecular formula is C26H18ClN3O6S. The number of nitro groups is 1. The second-order valence-electron chi connectivity index (χ2n) is 8.09. The van der Waals surface area contributed by atoms with Gasteiger partial charge in [0.25, 0.3) is 11.5 Å². The van der Waals surface area contributed by atoms with Crippen LogP contribution in [0, 0.1) is 10.1 Å². The number of non-ortho nitro benzene ring substituents is 1. The van der Waals surface area contributed by atoms with Gasteiger partial charge in [-0.1, -0.05) is 35.1 Å². The third-order valence-corrected chi connectivity index (χ3v) is 7.09. The van der Waals surface area contributed by atoms with E-state index in [1.165, 1.54) is 46.6 Å². The van der Waals surface area contributed by atoms with Gasteiger partial charge in [-0.15, -0.1) is 0 Å². The summed E-state index contributed by atoms with van der Waals surface area (Å²) < 4.78 is 6.27. The summed E-state index contributed by atoms with van der Waals surface area (Å²) >= 11 is 7.13. The molecule has 0 radical (unpaired) electrons. The summed E-state index contributed by atoms with van der Waals surface area (Å²) in [4.78, 5) is 43.3. The van der Waals surface area contributed by atoms with Gasteiger partial charge < -0.3 is 9.84 Å². The van der Waals surface area contributed by atoms with Gasteiger partial charge >= 0.3 is 5.91 Å². The van der Waals surface area contributed by atoms with Crippen molar-refractivity contribution < 1.29 is 24.4 Å². The van der Waals surface area contributed by atoms with E-state index >= 15 is 0 Å². The molecule has 37 heavy (non-hydrogen) atoms. The number of thiazole rings is 1. The van der Waals surface area contributed by atoms with Crippen molar-refractivity contribution in [2.45, 2.75) is 13.0 Å². The lowest BCUT2D eigenvalue weighted by atomic mass is 9.95. The third-order valence-electron chi connectivity index (χ3n) is 5.82. The number of fused-ring (bicyclic) bond motifs is 1. The number of hydrogen-bond acceptors (Lipinski definition) is 8. The largest absolute Gasteiger partial charge is 0.507 e. The molecule has 0 aliphatic carbocycles. The van der Waals surface area contributed by atoms with Crippen molar-refractivity contribution in [3.63, 3.8) is 0 Å². The highest BCUT2D eigenvalue weighted by Gasteiger charge is 2.48. The van der Waals surface area contributed by atoms with Gasteiger partial charge in [0.2, 0.25) is 0 Å². The molecule has 2 heterocycles. The molecule has 3 aromatic carbocycles.